The number of nitrogens with one attached hydrogen (secondary N) is 3. The third-order valence-electron chi connectivity index (χ3n) is 3.75. The van der Waals surface area contributed by atoms with Gasteiger partial charge in [0.05, 0.1) is 23.9 Å². The maximum Gasteiger partial charge on any atom is 0.319 e. The van der Waals surface area contributed by atoms with Crippen molar-refractivity contribution in [3.63, 3.8) is 0 Å². The second kappa shape index (κ2) is 6.84. The highest BCUT2D eigenvalue weighted by Gasteiger charge is 2.26. The van der Waals surface area contributed by atoms with Crippen molar-refractivity contribution in [1.29, 1.82) is 0 Å². The van der Waals surface area contributed by atoms with E-state index in [-0.39, 0.29) is 18.0 Å². The molecule has 0 spiro atoms. The Hall–Kier alpha value is -2.67. The van der Waals surface area contributed by atoms with Crippen LogP contribution in [0.1, 0.15) is 18.9 Å². The summed E-state index contributed by atoms with van der Waals surface area (Å²) < 4.78 is 0. The van der Waals surface area contributed by atoms with Crippen molar-refractivity contribution in [2.24, 2.45) is 0 Å². The molecule has 1 aromatic heterocycles. The standard InChI is InChI=1S/C17H18N4O2S/c1-10-15(11(2)20-17(23)19-10)16(22)18-8-14-21-13(9-24-14)12-6-4-3-5-7-12/h3-7,9-10H,8H2,1-2H3,(H,18,22)(H2,19,20,23)/t10-/m1/s1. The Kier molecular flexibility index (Phi) is 4.61. The van der Waals surface area contributed by atoms with Gasteiger partial charge in [0.1, 0.15) is 5.01 Å². The Balaban J connectivity index is 1.66. The third-order valence-corrected chi connectivity index (χ3v) is 4.60. The third kappa shape index (κ3) is 3.46. The van der Waals surface area contributed by atoms with Crippen LogP contribution in [-0.4, -0.2) is 23.0 Å². The lowest BCUT2D eigenvalue weighted by Crippen LogP contribution is -2.50. The van der Waals surface area contributed by atoms with Crippen molar-refractivity contribution < 1.29 is 9.59 Å². The van der Waals surface area contributed by atoms with Gasteiger partial charge in [0.15, 0.2) is 0 Å². The summed E-state index contributed by atoms with van der Waals surface area (Å²) in [4.78, 5) is 28.3. The summed E-state index contributed by atoms with van der Waals surface area (Å²) in [7, 11) is 0. The molecule has 0 fully saturated rings. The summed E-state index contributed by atoms with van der Waals surface area (Å²) in [5.74, 6) is -0.205. The average molecular weight is 342 g/mol. The second-order valence-electron chi connectivity index (χ2n) is 5.53. The molecular weight excluding hydrogens is 324 g/mol. The summed E-state index contributed by atoms with van der Waals surface area (Å²) in [6.07, 6.45) is 0. The SMILES string of the molecule is CC1=C(C(=O)NCc2nc(-c3ccccc3)cs2)[C@@H](C)NC(=O)N1. The smallest absolute Gasteiger partial charge is 0.319 e. The minimum absolute atomic E-state index is 0.205. The molecule has 0 aliphatic carbocycles. The molecule has 1 aromatic carbocycles. The van der Waals surface area contributed by atoms with Crippen molar-refractivity contribution in [1.82, 2.24) is 20.9 Å². The highest BCUT2D eigenvalue weighted by atomic mass is 32.1. The van der Waals surface area contributed by atoms with E-state index >= 15 is 0 Å². The molecule has 1 atom stereocenters. The molecular formula is C17H18N4O2S. The number of aromatic nitrogens is 1. The van der Waals surface area contributed by atoms with E-state index in [2.05, 4.69) is 20.9 Å². The van der Waals surface area contributed by atoms with E-state index in [1.54, 1.807) is 13.8 Å². The quantitative estimate of drug-likeness (QED) is 0.798. The van der Waals surface area contributed by atoms with Gasteiger partial charge in [0, 0.05) is 16.6 Å². The summed E-state index contributed by atoms with van der Waals surface area (Å²) in [6, 6.07) is 9.30. The van der Waals surface area contributed by atoms with Crippen LogP contribution < -0.4 is 16.0 Å². The van der Waals surface area contributed by atoms with Crippen molar-refractivity contribution in [3.05, 3.63) is 52.0 Å². The van der Waals surface area contributed by atoms with Crippen LogP contribution in [0, 0.1) is 0 Å². The molecule has 3 N–H and O–H groups in total. The molecule has 2 aromatic rings. The highest BCUT2D eigenvalue weighted by Crippen LogP contribution is 2.21. The van der Waals surface area contributed by atoms with Crippen molar-refractivity contribution >= 4 is 23.3 Å². The minimum atomic E-state index is -0.324. The number of hydrogen-bond donors (Lipinski definition) is 3. The molecule has 3 amide bonds. The van der Waals surface area contributed by atoms with Crippen LogP contribution in [0.3, 0.4) is 0 Å². The number of carbonyl (C=O) groups excluding carboxylic acids is 2. The minimum Gasteiger partial charge on any atom is -0.346 e. The second-order valence-corrected chi connectivity index (χ2v) is 6.48. The summed E-state index contributed by atoms with van der Waals surface area (Å²) >= 11 is 1.51. The van der Waals surface area contributed by atoms with Crippen molar-refractivity contribution in [2.75, 3.05) is 0 Å². The van der Waals surface area contributed by atoms with E-state index in [0.29, 0.717) is 17.8 Å². The summed E-state index contributed by atoms with van der Waals surface area (Å²) in [5, 5.41) is 11.0. The predicted molar refractivity (Wildman–Crippen MR) is 93.2 cm³/mol. The lowest BCUT2D eigenvalue weighted by atomic mass is 10.0. The molecule has 124 valence electrons. The van der Waals surface area contributed by atoms with Gasteiger partial charge in [-0.15, -0.1) is 11.3 Å². The van der Waals surface area contributed by atoms with E-state index in [4.69, 9.17) is 0 Å². The number of carbonyl (C=O) groups is 2. The normalized spacial score (nSPS) is 17.2. The predicted octanol–water partition coefficient (Wildman–Crippen LogP) is 2.40. The van der Waals surface area contributed by atoms with Crippen LogP contribution in [0.25, 0.3) is 11.3 Å². The van der Waals surface area contributed by atoms with Gasteiger partial charge in [-0.2, -0.15) is 0 Å². The number of amides is 3. The van der Waals surface area contributed by atoms with Gasteiger partial charge in [0.25, 0.3) is 5.91 Å². The first-order chi connectivity index (χ1) is 11.5. The number of nitrogens with zero attached hydrogens (tertiary/aromatic N) is 1. The van der Waals surface area contributed by atoms with Gasteiger partial charge in [-0.3, -0.25) is 4.79 Å². The maximum absolute atomic E-state index is 12.4. The Morgan fingerprint density at radius 3 is 2.79 bits per heavy atom. The molecule has 2 heterocycles. The topological polar surface area (TPSA) is 83.1 Å². The van der Waals surface area contributed by atoms with Crippen LogP contribution in [0.4, 0.5) is 4.79 Å². The monoisotopic (exact) mass is 342 g/mol. The molecule has 1 aliphatic rings. The average Bonchev–Trinajstić information content (AvgIpc) is 3.02. The number of rotatable bonds is 4. The van der Waals surface area contributed by atoms with Gasteiger partial charge < -0.3 is 16.0 Å². The van der Waals surface area contributed by atoms with E-state index in [1.165, 1.54) is 11.3 Å². The molecule has 6 nitrogen and oxygen atoms in total. The maximum atomic E-state index is 12.4. The van der Waals surface area contributed by atoms with Crippen LogP contribution in [0.5, 0.6) is 0 Å². The molecule has 0 bridgehead atoms. The van der Waals surface area contributed by atoms with E-state index in [9.17, 15) is 9.59 Å². The molecule has 1 aliphatic heterocycles. The molecule has 0 radical (unpaired) electrons. The molecule has 3 rings (SSSR count). The number of hydrogen-bond acceptors (Lipinski definition) is 4. The van der Waals surface area contributed by atoms with Crippen LogP contribution in [0.2, 0.25) is 0 Å². The van der Waals surface area contributed by atoms with E-state index in [0.717, 1.165) is 16.3 Å². The summed E-state index contributed by atoms with van der Waals surface area (Å²) in [5.41, 5.74) is 3.07. The van der Waals surface area contributed by atoms with Gasteiger partial charge >= 0.3 is 6.03 Å². The van der Waals surface area contributed by atoms with Crippen molar-refractivity contribution in [3.8, 4) is 11.3 Å². The fourth-order valence-electron chi connectivity index (χ4n) is 2.62. The molecule has 0 unspecified atom stereocenters. The van der Waals surface area contributed by atoms with Crippen LogP contribution in [0.15, 0.2) is 47.0 Å². The largest absolute Gasteiger partial charge is 0.346 e. The lowest BCUT2D eigenvalue weighted by molar-refractivity contribution is -0.118. The first-order valence-corrected chi connectivity index (χ1v) is 8.49. The van der Waals surface area contributed by atoms with Crippen LogP contribution in [-0.2, 0) is 11.3 Å². The van der Waals surface area contributed by atoms with E-state index in [1.807, 2.05) is 35.7 Å². The Morgan fingerprint density at radius 1 is 1.33 bits per heavy atom. The van der Waals surface area contributed by atoms with Gasteiger partial charge in [-0.25, -0.2) is 9.78 Å². The summed E-state index contributed by atoms with van der Waals surface area (Å²) in [6.45, 7) is 3.86. The zero-order valence-electron chi connectivity index (χ0n) is 13.4. The Bertz CT molecular complexity index is 798. The number of allylic oxidation sites excluding steroid dienone is 1. The number of urea groups is 1. The fraction of sp³-hybridized carbons (Fsp3) is 0.235. The first kappa shape index (κ1) is 16.2. The molecule has 24 heavy (non-hydrogen) atoms. The Morgan fingerprint density at radius 2 is 2.08 bits per heavy atom. The highest BCUT2D eigenvalue weighted by molar-refractivity contribution is 7.09. The zero-order chi connectivity index (χ0) is 17.1. The number of thiazole rings is 1. The first-order valence-electron chi connectivity index (χ1n) is 7.61. The fourth-order valence-corrected chi connectivity index (χ4v) is 3.36. The molecule has 0 saturated carbocycles. The van der Waals surface area contributed by atoms with Gasteiger partial charge in [0.2, 0.25) is 0 Å². The molecule has 7 heteroatoms. The number of benzene rings is 1. The van der Waals surface area contributed by atoms with Gasteiger partial charge in [-0.1, -0.05) is 30.3 Å². The van der Waals surface area contributed by atoms with Crippen molar-refractivity contribution in [2.45, 2.75) is 26.4 Å². The van der Waals surface area contributed by atoms with Crippen LogP contribution >= 0.6 is 11.3 Å². The lowest BCUT2D eigenvalue weighted by Gasteiger charge is -2.25. The Labute approximate surface area is 144 Å². The van der Waals surface area contributed by atoms with E-state index < -0.39 is 0 Å². The molecule has 0 saturated heterocycles. The van der Waals surface area contributed by atoms with Gasteiger partial charge in [-0.05, 0) is 13.8 Å². The zero-order valence-corrected chi connectivity index (χ0v) is 14.2.